The number of carbonyl (C=O) groups excluding carboxylic acids is 1. The Morgan fingerprint density at radius 3 is 2.37 bits per heavy atom. The van der Waals surface area contributed by atoms with Gasteiger partial charge < -0.3 is 9.30 Å². The van der Waals surface area contributed by atoms with Crippen LogP contribution in [-0.4, -0.2) is 36.5 Å². The lowest BCUT2D eigenvalue weighted by Gasteiger charge is -2.15. The van der Waals surface area contributed by atoms with Gasteiger partial charge in [0.1, 0.15) is 18.1 Å². The largest absolute Gasteiger partial charge is 0.491 e. The van der Waals surface area contributed by atoms with Crippen LogP contribution in [0.3, 0.4) is 0 Å². The van der Waals surface area contributed by atoms with Gasteiger partial charge >= 0.3 is 10.2 Å². The maximum atomic E-state index is 12.3. The van der Waals surface area contributed by atoms with Crippen molar-refractivity contribution in [2.45, 2.75) is 26.5 Å². The third-order valence-corrected chi connectivity index (χ3v) is 9.24. The number of amides is 1. The molecule has 1 aliphatic heterocycles. The predicted molar refractivity (Wildman–Crippen MR) is 184 cm³/mol. The number of imidazole rings is 1. The van der Waals surface area contributed by atoms with Gasteiger partial charge in [0.15, 0.2) is 0 Å². The smallest absolute Gasteiger partial charge is 0.326 e. The van der Waals surface area contributed by atoms with Crippen molar-refractivity contribution in [3.05, 3.63) is 124 Å². The third kappa shape index (κ3) is 7.12. The van der Waals surface area contributed by atoms with Crippen molar-refractivity contribution in [2.24, 2.45) is 0 Å². The molecule has 1 N–H and O–H groups in total. The fourth-order valence-electron chi connectivity index (χ4n) is 5.14. The number of hydrogen-bond donors (Lipinski definition) is 1. The Bertz CT molecular complexity index is 2040. The molecule has 1 aliphatic rings. The Balaban J connectivity index is 1.27. The molecule has 4 aromatic carbocycles. The Morgan fingerprint density at radius 2 is 1.70 bits per heavy atom. The van der Waals surface area contributed by atoms with Crippen molar-refractivity contribution < 1.29 is 17.9 Å². The summed E-state index contributed by atoms with van der Waals surface area (Å²) in [6, 6.07) is 28.6. The predicted octanol–water partition coefficient (Wildman–Crippen LogP) is 7.71. The van der Waals surface area contributed by atoms with Crippen LogP contribution >= 0.6 is 23.2 Å². The van der Waals surface area contributed by atoms with Crippen LogP contribution in [0.1, 0.15) is 30.8 Å². The van der Waals surface area contributed by atoms with Crippen LogP contribution in [0.4, 0.5) is 5.69 Å². The molecule has 2 heterocycles. The van der Waals surface area contributed by atoms with Crippen LogP contribution in [0.25, 0.3) is 34.5 Å². The Hall–Kier alpha value is -4.57. The van der Waals surface area contributed by atoms with Crippen molar-refractivity contribution in [2.75, 3.05) is 10.8 Å². The summed E-state index contributed by atoms with van der Waals surface area (Å²) in [6.07, 6.45) is 5.97. The molecule has 0 radical (unpaired) electrons. The zero-order valence-electron chi connectivity index (χ0n) is 25.0. The summed E-state index contributed by atoms with van der Waals surface area (Å²) >= 11 is 12.7. The van der Waals surface area contributed by atoms with Crippen molar-refractivity contribution in [3.63, 3.8) is 0 Å². The normalized spacial score (nSPS) is 14.3. The maximum absolute atomic E-state index is 12.3. The molecule has 0 atom stereocenters. The first-order chi connectivity index (χ1) is 22.0. The van der Waals surface area contributed by atoms with E-state index in [9.17, 15) is 13.2 Å². The van der Waals surface area contributed by atoms with Crippen LogP contribution < -0.4 is 13.8 Å². The molecule has 234 valence electrons. The molecular formula is C35H30Cl2N4O4S. The van der Waals surface area contributed by atoms with Gasteiger partial charge in [-0.1, -0.05) is 77.8 Å². The van der Waals surface area contributed by atoms with Crippen LogP contribution in [-0.2, 0) is 21.5 Å². The molecule has 11 heteroatoms. The van der Waals surface area contributed by atoms with Gasteiger partial charge in [-0.15, -0.1) is 0 Å². The molecule has 6 rings (SSSR count). The van der Waals surface area contributed by atoms with Crippen LogP contribution in [0.2, 0.25) is 10.0 Å². The molecule has 46 heavy (non-hydrogen) atoms. The quantitative estimate of drug-likeness (QED) is 0.173. The second-order valence-electron chi connectivity index (χ2n) is 11.1. The summed E-state index contributed by atoms with van der Waals surface area (Å²) in [5, 5.41) is 1.03. The maximum Gasteiger partial charge on any atom is 0.326 e. The molecule has 1 saturated heterocycles. The third-order valence-electron chi connectivity index (χ3n) is 7.29. The van der Waals surface area contributed by atoms with E-state index in [0.717, 1.165) is 37.9 Å². The van der Waals surface area contributed by atoms with E-state index in [-0.39, 0.29) is 12.6 Å². The fourth-order valence-corrected chi connectivity index (χ4v) is 6.79. The fraction of sp³-hybridized carbons (Fsp3) is 0.143. The van der Waals surface area contributed by atoms with Gasteiger partial charge in [-0.2, -0.15) is 8.42 Å². The molecule has 0 aliphatic carbocycles. The summed E-state index contributed by atoms with van der Waals surface area (Å²) in [4.78, 5) is 16.6. The van der Waals surface area contributed by atoms with Gasteiger partial charge in [0.25, 0.3) is 5.91 Å². The highest BCUT2D eigenvalue weighted by Crippen LogP contribution is 2.31. The van der Waals surface area contributed by atoms with Gasteiger partial charge in [0.2, 0.25) is 0 Å². The Kier molecular flexibility index (Phi) is 8.90. The van der Waals surface area contributed by atoms with E-state index in [1.54, 1.807) is 24.3 Å². The molecule has 1 aromatic heterocycles. The first-order valence-electron chi connectivity index (χ1n) is 14.5. The van der Waals surface area contributed by atoms with E-state index in [4.69, 9.17) is 32.9 Å². The second-order valence-corrected chi connectivity index (χ2v) is 13.5. The highest BCUT2D eigenvalue weighted by molar-refractivity contribution is 7.92. The Morgan fingerprint density at radius 1 is 0.935 bits per heavy atom. The Labute approximate surface area is 278 Å². The minimum atomic E-state index is -3.88. The average Bonchev–Trinajstić information content (AvgIpc) is 3.54. The number of nitrogens with one attached hydrogen (secondary N) is 1. The summed E-state index contributed by atoms with van der Waals surface area (Å²) < 4.78 is 35.4. The SMILES string of the molecule is CC(C)Oc1cccc(-c2ccc(/C=C/c3nc(-c4ccc(Cl)cc4Cl)cn3Cc3ccc(N4CC(=O)NS4(=O)=O)cc3)cc2)c1. The molecule has 0 unspecified atom stereocenters. The lowest BCUT2D eigenvalue weighted by molar-refractivity contribution is -0.117. The minimum absolute atomic E-state index is 0.101. The summed E-state index contributed by atoms with van der Waals surface area (Å²) in [5.74, 6) is 0.972. The molecule has 0 spiro atoms. The lowest BCUT2D eigenvalue weighted by atomic mass is 10.0. The summed E-state index contributed by atoms with van der Waals surface area (Å²) in [6.45, 7) is 4.22. The van der Waals surface area contributed by atoms with Gasteiger partial charge in [0, 0.05) is 23.3 Å². The van der Waals surface area contributed by atoms with E-state index in [1.165, 1.54) is 0 Å². The molecule has 8 nitrogen and oxygen atoms in total. The standard InChI is InChI=1S/C35H30Cl2N4O4S/c1-23(2)45-30-5-3-4-27(18-30)26-11-6-24(7-12-26)10-17-34-38-33(31-16-13-28(36)19-32(31)37)21-40(34)20-25-8-14-29(15-9-25)41-22-35(42)39-46(41,43)44/h3-19,21,23H,20,22H2,1-2H3,(H,39,42)/b17-10+. The number of aromatic nitrogens is 2. The number of rotatable bonds is 9. The van der Waals surface area contributed by atoms with Crippen LogP contribution in [0, 0.1) is 0 Å². The van der Waals surface area contributed by atoms with Crippen molar-refractivity contribution in [1.29, 1.82) is 0 Å². The number of ether oxygens (including phenoxy) is 1. The van der Waals surface area contributed by atoms with Gasteiger partial charge in [-0.25, -0.2) is 14.0 Å². The number of anilines is 1. The highest BCUT2D eigenvalue weighted by Gasteiger charge is 2.33. The zero-order chi connectivity index (χ0) is 32.4. The number of carbonyl (C=O) groups is 1. The topological polar surface area (TPSA) is 93.5 Å². The van der Waals surface area contributed by atoms with Gasteiger partial charge in [0.05, 0.1) is 22.5 Å². The lowest BCUT2D eigenvalue weighted by Crippen LogP contribution is -2.29. The summed E-state index contributed by atoms with van der Waals surface area (Å²) in [7, 11) is -3.88. The van der Waals surface area contributed by atoms with E-state index in [0.29, 0.717) is 33.8 Å². The zero-order valence-corrected chi connectivity index (χ0v) is 27.4. The van der Waals surface area contributed by atoms with E-state index in [2.05, 4.69) is 30.3 Å². The van der Waals surface area contributed by atoms with Crippen molar-refractivity contribution in [3.8, 4) is 28.1 Å². The van der Waals surface area contributed by atoms with Crippen LogP contribution in [0.15, 0.2) is 97.2 Å². The average molecular weight is 674 g/mol. The molecule has 1 amide bonds. The molecule has 0 saturated carbocycles. The number of nitrogens with zero attached hydrogens (tertiary/aromatic N) is 3. The molecule has 1 fully saturated rings. The van der Waals surface area contributed by atoms with Crippen molar-refractivity contribution in [1.82, 2.24) is 14.3 Å². The second kappa shape index (κ2) is 13.0. The number of benzene rings is 4. The molecular weight excluding hydrogens is 643 g/mol. The monoisotopic (exact) mass is 672 g/mol. The highest BCUT2D eigenvalue weighted by atomic mass is 35.5. The van der Waals surface area contributed by atoms with Crippen molar-refractivity contribution >= 4 is 57.2 Å². The number of hydrogen-bond acceptors (Lipinski definition) is 5. The molecule has 0 bridgehead atoms. The van der Waals surface area contributed by atoms with Crippen LogP contribution in [0.5, 0.6) is 5.75 Å². The summed E-state index contributed by atoms with van der Waals surface area (Å²) in [5.41, 5.74) is 5.91. The first kappa shape index (κ1) is 31.4. The number of halogens is 2. The van der Waals surface area contributed by atoms with Gasteiger partial charge in [-0.05, 0) is 84.6 Å². The first-order valence-corrected chi connectivity index (χ1v) is 16.7. The van der Waals surface area contributed by atoms with E-state index >= 15 is 0 Å². The minimum Gasteiger partial charge on any atom is -0.491 e. The van der Waals surface area contributed by atoms with E-state index in [1.807, 2.05) is 77.9 Å². The van der Waals surface area contributed by atoms with E-state index < -0.39 is 16.1 Å². The molecule has 5 aromatic rings. The van der Waals surface area contributed by atoms with Gasteiger partial charge in [-0.3, -0.25) is 4.79 Å².